The van der Waals surface area contributed by atoms with E-state index in [-0.39, 0.29) is 5.54 Å². The molecule has 1 unspecified atom stereocenters. The van der Waals surface area contributed by atoms with Crippen molar-refractivity contribution >= 4 is 16.8 Å². The van der Waals surface area contributed by atoms with Crippen LogP contribution in [-0.2, 0) is 10.3 Å². The van der Waals surface area contributed by atoms with Gasteiger partial charge in [-0.15, -0.1) is 0 Å². The highest BCUT2D eigenvalue weighted by atomic mass is 16.2. The summed E-state index contributed by atoms with van der Waals surface area (Å²) in [5, 5.41) is 1.31. The van der Waals surface area contributed by atoms with Crippen LogP contribution in [0.2, 0.25) is 0 Å². The van der Waals surface area contributed by atoms with E-state index in [4.69, 9.17) is 0 Å². The summed E-state index contributed by atoms with van der Waals surface area (Å²) >= 11 is 0. The number of aromatic amines is 1. The number of likely N-dealkylation sites (tertiary alicyclic amines) is 1. The molecule has 5 rings (SSSR count). The maximum Gasteiger partial charge on any atom is 0.222 e. The Kier molecular flexibility index (Phi) is 6.29. The molecule has 1 saturated heterocycles. The summed E-state index contributed by atoms with van der Waals surface area (Å²) in [6.45, 7) is 1.77. The molecule has 0 spiro atoms. The molecule has 0 bridgehead atoms. The van der Waals surface area contributed by atoms with E-state index in [2.05, 4.69) is 89.7 Å². The number of carbonyl (C=O) groups is 1. The zero-order valence-electron chi connectivity index (χ0n) is 20.1. The largest absolute Gasteiger partial charge is 0.361 e. The van der Waals surface area contributed by atoms with Crippen LogP contribution < -0.4 is 0 Å². The van der Waals surface area contributed by atoms with Crippen LogP contribution in [-0.4, -0.2) is 47.9 Å². The van der Waals surface area contributed by atoms with Gasteiger partial charge in [0.05, 0.1) is 0 Å². The molecule has 1 aliphatic heterocycles. The Morgan fingerprint density at radius 3 is 2.52 bits per heavy atom. The van der Waals surface area contributed by atoms with Crippen LogP contribution in [0.1, 0.15) is 62.0 Å². The maximum absolute atomic E-state index is 13.3. The molecule has 3 aromatic rings. The summed E-state index contributed by atoms with van der Waals surface area (Å²) in [5.74, 6) is 1.30. The third-order valence-electron chi connectivity index (χ3n) is 8.40. The molecule has 33 heavy (non-hydrogen) atoms. The fourth-order valence-electron chi connectivity index (χ4n) is 6.37. The van der Waals surface area contributed by atoms with Crippen LogP contribution in [0.25, 0.3) is 10.9 Å². The standard InChI is InChI=1S/C29H37N3O/c1-31(2)29(24-10-4-3-5-11-24)16-14-22(15-17-29)19-28(33)32-18-8-9-23(21-32)26-20-30-27-13-7-6-12-25(26)27/h3-7,10-13,20,22-23,30H,8-9,14-19,21H2,1-2H3. The minimum atomic E-state index is 0.104. The fourth-order valence-corrected chi connectivity index (χ4v) is 6.37. The Bertz CT molecular complexity index is 1080. The number of hydrogen-bond donors (Lipinski definition) is 1. The van der Waals surface area contributed by atoms with E-state index in [1.54, 1.807) is 0 Å². The van der Waals surface area contributed by atoms with Gasteiger partial charge in [0.1, 0.15) is 0 Å². The van der Waals surface area contributed by atoms with Crippen LogP contribution in [0.5, 0.6) is 0 Å². The first-order valence-electron chi connectivity index (χ1n) is 12.6. The SMILES string of the molecule is CN(C)C1(c2ccccc2)CCC(CC(=O)N2CCCC(c3c[nH]c4ccccc34)C2)CC1. The normalized spacial score (nSPS) is 26.1. The lowest BCUT2D eigenvalue weighted by molar-refractivity contribution is -0.134. The number of nitrogens with zero attached hydrogens (tertiary/aromatic N) is 2. The molecule has 1 aliphatic carbocycles. The summed E-state index contributed by atoms with van der Waals surface area (Å²) in [7, 11) is 4.41. The third kappa shape index (κ3) is 4.33. The zero-order valence-corrected chi connectivity index (χ0v) is 20.1. The number of rotatable bonds is 5. The van der Waals surface area contributed by atoms with E-state index in [0.29, 0.717) is 24.2 Å². The van der Waals surface area contributed by atoms with Gasteiger partial charge in [0.15, 0.2) is 0 Å². The molecule has 1 atom stereocenters. The van der Waals surface area contributed by atoms with E-state index in [1.165, 1.54) is 22.0 Å². The van der Waals surface area contributed by atoms with E-state index in [9.17, 15) is 4.79 Å². The van der Waals surface area contributed by atoms with Gasteiger partial charge in [0.25, 0.3) is 0 Å². The van der Waals surface area contributed by atoms with Crippen LogP contribution in [0.15, 0.2) is 60.8 Å². The number of fused-ring (bicyclic) bond motifs is 1. The van der Waals surface area contributed by atoms with Crippen molar-refractivity contribution < 1.29 is 4.79 Å². The van der Waals surface area contributed by atoms with Gasteiger partial charge in [-0.05, 0) is 75.7 Å². The number of piperidine rings is 1. The summed E-state index contributed by atoms with van der Waals surface area (Å²) < 4.78 is 0. The number of hydrogen-bond acceptors (Lipinski definition) is 2. The quantitative estimate of drug-likeness (QED) is 0.532. The molecule has 2 aromatic carbocycles. The molecule has 1 amide bonds. The van der Waals surface area contributed by atoms with E-state index >= 15 is 0 Å². The maximum atomic E-state index is 13.3. The van der Waals surface area contributed by atoms with Crippen molar-refractivity contribution in [1.82, 2.24) is 14.8 Å². The Labute approximate surface area is 198 Å². The fraction of sp³-hybridized carbons (Fsp3) is 0.483. The lowest BCUT2D eigenvalue weighted by Gasteiger charge is -2.46. The minimum absolute atomic E-state index is 0.104. The van der Waals surface area contributed by atoms with Crippen molar-refractivity contribution in [1.29, 1.82) is 0 Å². The first kappa shape index (κ1) is 22.2. The second-order valence-corrected chi connectivity index (χ2v) is 10.4. The Morgan fingerprint density at radius 2 is 1.76 bits per heavy atom. The minimum Gasteiger partial charge on any atom is -0.361 e. The second kappa shape index (κ2) is 9.34. The van der Waals surface area contributed by atoms with Gasteiger partial charge in [0, 0.05) is 48.1 Å². The molecule has 0 radical (unpaired) electrons. The van der Waals surface area contributed by atoms with Crippen molar-refractivity contribution in [2.45, 2.75) is 56.4 Å². The summed E-state index contributed by atoms with van der Waals surface area (Å²) in [6, 6.07) is 19.5. The van der Waals surface area contributed by atoms with Gasteiger partial charge in [-0.3, -0.25) is 9.69 Å². The first-order chi connectivity index (χ1) is 16.1. The van der Waals surface area contributed by atoms with E-state index in [1.807, 2.05) is 0 Å². The van der Waals surface area contributed by atoms with Crippen LogP contribution in [0.4, 0.5) is 0 Å². The molecular weight excluding hydrogens is 406 g/mol. The highest BCUT2D eigenvalue weighted by molar-refractivity contribution is 5.84. The van der Waals surface area contributed by atoms with Crippen molar-refractivity contribution in [3.05, 3.63) is 71.9 Å². The molecular formula is C29H37N3O. The van der Waals surface area contributed by atoms with E-state index < -0.39 is 0 Å². The smallest absolute Gasteiger partial charge is 0.222 e. The number of nitrogens with one attached hydrogen (secondary N) is 1. The number of para-hydroxylation sites is 1. The van der Waals surface area contributed by atoms with Gasteiger partial charge in [-0.2, -0.15) is 0 Å². The number of amides is 1. The third-order valence-corrected chi connectivity index (χ3v) is 8.40. The number of H-pyrrole nitrogens is 1. The van der Waals surface area contributed by atoms with Crippen molar-refractivity contribution in [2.75, 3.05) is 27.2 Å². The van der Waals surface area contributed by atoms with Crippen molar-refractivity contribution in [3.8, 4) is 0 Å². The van der Waals surface area contributed by atoms with E-state index in [0.717, 1.165) is 51.6 Å². The van der Waals surface area contributed by atoms with Crippen LogP contribution in [0, 0.1) is 5.92 Å². The predicted octanol–water partition coefficient (Wildman–Crippen LogP) is 5.91. The summed E-state index contributed by atoms with van der Waals surface area (Å²) in [5.41, 5.74) is 4.09. The molecule has 2 aliphatic rings. The molecule has 1 N–H and O–H groups in total. The van der Waals surface area contributed by atoms with Crippen LogP contribution in [0.3, 0.4) is 0 Å². The molecule has 1 aromatic heterocycles. The van der Waals surface area contributed by atoms with Gasteiger partial charge in [0.2, 0.25) is 5.91 Å². The molecule has 174 valence electrons. The molecule has 4 nitrogen and oxygen atoms in total. The van der Waals surface area contributed by atoms with Gasteiger partial charge < -0.3 is 9.88 Å². The summed E-state index contributed by atoms with van der Waals surface area (Å²) in [6.07, 6.45) is 9.63. The zero-order chi connectivity index (χ0) is 22.8. The van der Waals surface area contributed by atoms with Crippen molar-refractivity contribution in [2.24, 2.45) is 5.92 Å². The first-order valence-corrected chi connectivity index (χ1v) is 12.6. The average molecular weight is 444 g/mol. The average Bonchev–Trinajstić information content (AvgIpc) is 3.29. The predicted molar refractivity (Wildman–Crippen MR) is 135 cm³/mol. The number of aromatic nitrogens is 1. The Morgan fingerprint density at radius 1 is 1.03 bits per heavy atom. The highest BCUT2D eigenvalue weighted by Crippen LogP contribution is 2.44. The topological polar surface area (TPSA) is 39.3 Å². The molecule has 1 saturated carbocycles. The number of benzene rings is 2. The lowest BCUT2D eigenvalue weighted by atomic mass is 9.71. The lowest BCUT2D eigenvalue weighted by Crippen LogP contribution is -2.45. The number of carbonyl (C=O) groups excluding carboxylic acids is 1. The Balaban J connectivity index is 1.21. The molecule has 2 heterocycles. The Hall–Kier alpha value is -2.59. The molecule has 4 heteroatoms. The van der Waals surface area contributed by atoms with Gasteiger partial charge >= 0.3 is 0 Å². The highest BCUT2D eigenvalue weighted by Gasteiger charge is 2.39. The van der Waals surface area contributed by atoms with Crippen molar-refractivity contribution in [3.63, 3.8) is 0 Å². The summed E-state index contributed by atoms with van der Waals surface area (Å²) in [4.78, 5) is 21.3. The van der Waals surface area contributed by atoms with Crippen LogP contribution >= 0.6 is 0 Å². The second-order valence-electron chi connectivity index (χ2n) is 10.4. The van der Waals surface area contributed by atoms with Gasteiger partial charge in [-0.25, -0.2) is 0 Å². The monoisotopic (exact) mass is 443 g/mol. The van der Waals surface area contributed by atoms with Gasteiger partial charge in [-0.1, -0.05) is 48.5 Å². The molecule has 2 fully saturated rings.